The van der Waals surface area contributed by atoms with Crippen molar-refractivity contribution in [3.05, 3.63) is 30.0 Å². The Kier molecular flexibility index (Phi) is 7.24. The minimum Gasteiger partial charge on any atom is -0.130 e. The summed E-state index contributed by atoms with van der Waals surface area (Å²) in [7, 11) is 0. The molecule has 0 N–H and O–H groups in total. The van der Waals surface area contributed by atoms with Crippen molar-refractivity contribution in [2.45, 2.75) is 52.9 Å². The van der Waals surface area contributed by atoms with E-state index in [9.17, 15) is 0 Å². The Bertz CT molecular complexity index is 214. The topological polar surface area (TPSA) is 0 Å². The molecule has 0 aliphatic carbocycles. The summed E-state index contributed by atoms with van der Waals surface area (Å²) < 4.78 is 0. The number of hydrogen-bond donors (Lipinski definition) is 0. The molecule has 0 saturated carbocycles. The molecule has 0 aromatic rings. The maximum atomic E-state index is 3.91. The van der Waals surface area contributed by atoms with Crippen molar-refractivity contribution in [2.24, 2.45) is 5.92 Å². The highest BCUT2D eigenvalue weighted by Crippen LogP contribution is 2.17. The van der Waals surface area contributed by atoms with Crippen LogP contribution >= 0.6 is 0 Å². The van der Waals surface area contributed by atoms with E-state index in [1.54, 1.807) is 0 Å². The average molecular weight is 192 g/mol. The number of allylic oxidation sites excluding steroid dienone is 2. The lowest BCUT2D eigenvalue weighted by Gasteiger charge is -2.07. The molecule has 0 heteroatoms. The molecule has 0 aliphatic rings. The van der Waals surface area contributed by atoms with Gasteiger partial charge >= 0.3 is 0 Å². The summed E-state index contributed by atoms with van der Waals surface area (Å²) >= 11 is 0. The van der Waals surface area contributed by atoms with Crippen molar-refractivity contribution < 1.29 is 0 Å². The Morgan fingerprint density at radius 1 is 1.21 bits per heavy atom. The van der Waals surface area contributed by atoms with Crippen molar-refractivity contribution in [3.8, 4) is 0 Å². The fourth-order valence-corrected chi connectivity index (χ4v) is 1.37. The first-order valence-electron chi connectivity index (χ1n) is 5.58. The van der Waals surface area contributed by atoms with E-state index >= 15 is 0 Å². The van der Waals surface area contributed by atoms with Crippen molar-refractivity contribution in [2.75, 3.05) is 0 Å². The fourth-order valence-electron chi connectivity index (χ4n) is 1.37. The summed E-state index contributed by atoms with van der Waals surface area (Å²) in [6, 6.07) is 0. The molecule has 0 aromatic heterocycles. The van der Waals surface area contributed by atoms with E-state index in [0.29, 0.717) is 0 Å². The van der Waals surface area contributed by atoms with E-state index in [1.807, 2.05) is 0 Å². The fraction of sp³-hybridized carbons (Fsp3) is 0.643. The van der Waals surface area contributed by atoms with Gasteiger partial charge in [0.15, 0.2) is 0 Å². The molecule has 0 aliphatic heterocycles. The van der Waals surface area contributed by atoms with E-state index in [2.05, 4.69) is 39.7 Å². The summed E-state index contributed by atoms with van der Waals surface area (Å²) in [5, 5.41) is 0. The quantitative estimate of drug-likeness (QED) is 0.398. The van der Waals surface area contributed by atoms with Gasteiger partial charge in [-0.15, -0.1) is 12.3 Å². The number of hydrogen-bond acceptors (Lipinski definition) is 0. The molecule has 0 unspecified atom stereocenters. The van der Waals surface area contributed by atoms with Gasteiger partial charge in [-0.05, 0) is 50.5 Å². The lowest BCUT2D eigenvalue weighted by molar-refractivity contribution is 0.574. The largest absolute Gasteiger partial charge is 0.130 e. The van der Waals surface area contributed by atoms with Gasteiger partial charge in [-0.2, -0.15) is 0 Å². The van der Waals surface area contributed by atoms with Gasteiger partial charge in [-0.3, -0.25) is 0 Å². The average Bonchev–Trinajstić information content (AvgIpc) is 2.10. The Labute approximate surface area is 89.4 Å². The molecule has 0 saturated heterocycles. The molecule has 0 radical (unpaired) electrons. The second-order valence-corrected chi connectivity index (χ2v) is 4.52. The minimum atomic E-state index is 0.777. The highest BCUT2D eigenvalue weighted by atomic mass is 14.0. The summed E-state index contributed by atoms with van der Waals surface area (Å²) in [6.45, 7) is 14.3. The third-order valence-corrected chi connectivity index (χ3v) is 2.36. The molecule has 0 spiro atoms. The Balaban J connectivity index is 3.71. The molecule has 0 amide bonds. The first-order chi connectivity index (χ1) is 6.56. The van der Waals surface area contributed by atoms with Crippen LogP contribution in [0.15, 0.2) is 30.0 Å². The molecule has 0 atom stereocenters. The van der Waals surface area contributed by atoms with Crippen LogP contribution in [-0.2, 0) is 0 Å². The Morgan fingerprint density at radius 3 is 2.29 bits per heavy atom. The summed E-state index contributed by atoms with van der Waals surface area (Å²) in [6.07, 6.45) is 5.89. The predicted molar refractivity (Wildman–Crippen MR) is 65.4 cm³/mol. The molecule has 80 valence electrons. The standard InChI is InChI=1S/C14H24/c1-6-14(11-10-13(4)5)9-7-8-12(2)3/h13H,1-2,7-11H2,3-5H3. The molecule has 14 heavy (non-hydrogen) atoms. The van der Waals surface area contributed by atoms with Crippen molar-refractivity contribution in [1.82, 2.24) is 0 Å². The van der Waals surface area contributed by atoms with Crippen LogP contribution in [-0.4, -0.2) is 0 Å². The zero-order chi connectivity index (χ0) is 11.0. The van der Waals surface area contributed by atoms with E-state index in [4.69, 9.17) is 0 Å². The van der Waals surface area contributed by atoms with Crippen LogP contribution in [0.2, 0.25) is 0 Å². The molecule has 0 bridgehead atoms. The van der Waals surface area contributed by atoms with Crippen LogP contribution < -0.4 is 0 Å². The van der Waals surface area contributed by atoms with Gasteiger partial charge in [0.25, 0.3) is 0 Å². The van der Waals surface area contributed by atoms with Gasteiger partial charge in [0.05, 0.1) is 0 Å². The minimum absolute atomic E-state index is 0.777. The molecule has 0 nitrogen and oxygen atoms in total. The van der Waals surface area contributed by atoms with E-state index in [-0.39, 0.29) is 0 Å². The molecular weight excluding hydrogens is 168 g/mol. The van der Waals surface area contributed by atoms with Gasteiger partial charge in [0.2, 0.25) is 0 Å². The second kappa shape index (κ2) is 7.64. The maximum absolute atomic E-state index is 3.91. The molecule has 0 fully saturated rings. The van der Waals surface area contributed by atoms with Gasteiger partial charge in [-0.25, -0.2) is 0 Å². The molecule has 0 heterocycles. The highest BCUT2D eigenvalue weighted by Gasteiger charge is 1.99. The second-order valence-electron chi connectivity index (χ2n) is 4.52. The summed E-state index contributed by atoms with van der Waals surface area (Å²) in [5.74, 6) is 0.777. The van der Waals surface area contributed by atoms with Crippen molar-refractivity contribution in [3.63, 3.8) is 0 Å². The van der Waals surface area contributed by atoms with Crippen LogP contribution in [0.5, 0.6) is 0 Å². The van der Waals surface area contributed by atoms with Gasteiger partial charge in [0, 0.05) is 0 Å². The van der Waals surface area contributed by atoms with Crippen LogP contribution in [0.3, 0.4) is 0 Å². The molecular formula is C14H24. The van der Waals surface area contributed by atoms with Crippen LogP contribution in [0.25, 0.3) is 0 Å². The van der Waals surface area contributed by atoms with Gasteiger partial charge in [0.1, 0.15) is 0 Å². The van der Waals surface area contributed by atoms with E-state index in [0.717, 1.165) is 25.2 Å². The van der Waals surface area contributed by atoms with Gasteiger partial charge < -0.3 is 0 Å². The van der Waals surface area contributed by atoms with E-state index in [1.165, 1.54) is 24.0 Å². The predicted octanol–water partition coefficient (Wildman–Crippen LogP) is 4.88. The molecule has 0 rings (SSSR count). The van der Waals surface area contributed by atoms with Crippen molar-refractivity contribution >= 4 is 0 Å². The van der Waals surface area contributed by atoms with Gasteiger partial charge in [-0.1, -0.05) is 26.0 Å². The lowest BCUT2D eigenvalue weighted by Crippen LogP contribution is -1.90. The normalized spacial score (nSPS) is 10.0. The monoisotopic (exact) mass is 192 g/mol. The SMILES string of the molecule is C=C=C(CCCC(=C)C)CCC(C)C. The third-order valence-electron chi connectivity index (χ3n) is 2.36. The zero-order valence-electron chi connectivity index (χ0n) is 10.0. The van der Waals surface area contributed by atoms with Crippen molar-refractivity contribution in [1.29, 1.82) is 0 Å². The highest BCUT2D eigenvalue weighted by molar-refractivity contribution is 5.00. The number of rotatable bonds is 7. The van der Waals surface area contributed by atoms with Crippen LogP contribution in [0.4, 0.5) is 0 Å². The Hall–Kier alpha value is -0.740. The first-order valence-corrected chi connectivity index (χ1v) is 5.58. The summed E-state index contributed by atoms with van der Waals surface area (Å²) in [4.78, 5) is 0. The van der Waals surface area contributed by atoms with Crippen LogP contribution in [0.1, 0.15) is 52.9 Å². The lowest BCUT2D eigenvalue weighted by atomic mass is 9.99. The Morgan fingerprint density at radius 2 is 1.86 bits per heavy atom. The molecule has 0 aromatic carbocycles. The summed E-state index contributed by atoms with van der Waals surface area (Å²) in [5.41, 5.74) is 5.73. The zero-order valence-corrected chi connectivity index (χ0v) is 10.0. The first kappa shape index (κ1) is 13.3. The third kappa shape index (κ3) is 7.89. The van der Waals surface area contributed by atoms with Crippen LogP contribution in [0, 0.1) is 5.92 Å². The smallest absolute Gasteiger partial charge is 0.0241 e. The maximum Gasteiger partial charge on any atom is -0.0241 e. The van der Waals surface area contributed by atoms with E-state index < -0.39 is 0 Å².